The predicted octanol–water partition coefficient (Wildman–Crippen LogP) is 3.59. The smallest absolute Gasteiger partial charge is 0.326 e. The zero-order valence-electron chi connectivity index (χ0n) is 20.2. The first-order valence-electron chi connectivity index (χ1n) is 12.2. The monoisotopic (exact) mass is 485 g/mol. The fourth-order valence-electron chi connectivity index (χ4n) is 4.38. The molecular weight excluding hydrogens is 454 g/mol. The normalized spacial score (nSPS) is 14.2. The largest absolute Gasteiger partial charge is 0.480 e. The van der Waals surface area contributed by atoms with Crippen LogP contribution in [0.2, 0.25) is 0 Å². The Morgan fingerprint density at radius 3 is 1.97 bits per heavy atom. The van der Waals surface area contributed by atoms with Gasteiger partial charge in [-0.15, -0.1) is 0 Å². The second kappa shape index (κ2) is 12.0. The number of carbonyl (C=O) groups is 3. The molecule has 0 radical (unpaired) electrons. The number of benzene rings is 3. The molecule has 2 amide bonds. The Balaban J connectivity index is 1.24. The summed E-state index contributed by atoms with van der Waals surface area (Å²) in [6, 6.07) is 26.3. The van der Waals surface area contributed by atoms with Gasteiger partial charge in [0.2, 0.25) is 5.91 Å². The van der Waals surface area contributed by atoms with Crippen LogP contribution >= 0.6 is 0 Å². The molecule has 1 aliphatic heterocycles. The molecule has 2 N–H and O–H groups in total. The first kappa shape index (κ1) is 25.0. The van der Waals surface area contributed by atoms with Crippen molar-refractivity contribution in [3.05, 3.63) is 102 Å². The maximum atomic E-state index is 12.7. The number of carboxylic acids is 1. The van der Waals surface area contributed by atoms with E-state index in [1.165, 1.54) is 11.1 Å². The highest BCUT2D eigenvalue weighted by molar-refractivity contribution is 5.96. The molecule has 0 aromatic heterocycles. The highest BCUT2D eigenvalue weighted by atomic mass is 16.4. The lowest BCUT2D eigenvalue weighted by molar-refractivity contribution is -0.139. The molecular formula is C29H31N3O4. The van der Waals surface area contributed by atoms with Crippen LogP contribution in [0, 0.1) is 0 Å². The first-order chi connectivity index (χ1) is 17.5. The van der Waals surface area contributed by atoms with Crippen LogP contribution in [-0.2, 0) is 16.0 Å². The van der Waals surface area contributed by atoms with Gasteiger partial charge in [0.05, 0.1) is 0 Å². The number of hydrogen-bond donors (Lipinski definition) is 2. The topological polar surface area (TPSA) is 90.0 Å². The molecule has 0 unspecified atom stereocenters. The van der Waals surface area contributed by atoms with Crippen LogP contribution in [0.4, 0.5) is 5.69 Å². The van der Waals surface area contributed by atoms with E-state index >= 15 is 0 Å². The fourth-order valence-corrected chi connectivity index (χ4v) is 4.38. The maximum absolute atomic E-state index is 12.7. The Hall–Kier alpha value is -4.13. The summed E-state index contributed by atoms with van der Waals surface area (Å²) in [4.78, 5) is 40.7. The van der Waals surface area contributed by atoms with Crippen molar-refractivity contribution in [1.82, 2.24) is 10.2 Å². The van der Waals surface area contributed by atoms with E-state index < -0.39 is 17.9 Å². The van der Waals surface area contributed by atoms with E-state index in [1.807, 2.05) is 18.2 Å². The molecule has 1 fully saturated rings. The molecule has 0 saturated carbocycles. The Morgan fingerprint density at radius 2 is 1.36 bits per heavy atom. The minimum atomic E-state index is -1.15. The predicted molar refractivity (Wildman–Crippen MR) is 139 cm³/mol. The van der Waals surface area contributed by atoms with Crippen LogP contribution in [0.5, 0.6) is 0 Å². The van der Waals surface area contributed by atoms with Crippen LogP contribution in [0.15, 0.2) is 84.9 Å². The van der Waals surface area contributed by atoms with Crippen molar-refractivity contribution in [1.29, 1.82) is 0 Å². The van der Waals surface area contributed by atoms with E-state index in [1.54, 1.807) is 35.2 Å². The lowest BCUT2D eigenvalue weighted by Gasteiger charge is -2.36. The minimum absolute atomic E-state index is 0.0514. The summed E-state index contributed by atoms with van der Waals surface area (Å²) in [5.74, 6) is -1.69. The van der Waals surface area contributed by atoms with Crippen LogP contribution in [-0.4, -0.2) is 60.0 Å². The van der Waals surface area contributed by atoms with Gasteiger partial charge in [-0.25, -0.2) is 4.79 Å². The SMILES string of the molecule is O=C(N[C@@H](CCC(=O)N1CCN(c2ccc(Cc3ccccc3)cc2)CC1)C(=O)O)c1ccccc1. The third-order valence-electron chi connectivity index (χ3n) is 6.47. The van der Waals surface area contributed by atoms with Gasteiger partial charge >= 0.3 is 5.97 Å². The fraction of sp³-hybridized carbons (Fsp3) is 0.276. The number of hydrogen-bond acceptors (Lipinski definition) is 4. The highest BCUT2D eigenvalue weighted by Crippen LogP contribution is 2.19. The van der Waals surface area contributed by atoms with Gasteiger partial charge in [0, 0.05) is 43.9 Å². The van der Waals surface area contributed by atoms with Crippen molar-refractivity contribution in [2.24, 2.45) is 0 Å². The molecule has 1 aliphatic rings. The molecule has 186 valence electrons. The average molecular weight is 486 g/mol. The second-order valence-corrected chi connectivity index (χ2v) is 8.97. The Morgan fingerprint density at radius 1 is 0.778 bits per heavy atom. The summed E-state index contributed by atoms with van der Waals surface area (Å²) in [6.07, 6.45) is 1.02. The van der Waals surface area contributed by atoms with Gasteiger partial charge < -0.3 is 20.2 Å². The molecule has 3 aromatic rings. The number of aliphatic carboxylic acids is 1. The van der Waals surface area contributed by atoms with E-state index in [2.05, 4.69) is 46.6 Å². The van der Waals surface area contributed by atoms with Crippen LogP contribution in [0.1, 0.15) is 34.3 Å². The van der Waals surface area contributed by atoms with Crippen molar-refractivity contribution in [2.45, 2.75) is 25.3 Å². The third kappa shape index (κ3) is 6.72. The first-order valence-corrected chi connectivity index (χ1v) is 12.2. The molecule has 3 aromatic carbocycles. The van der Waals surface area contributed by atoms with Gasteiger partial charge in [-0.1, -0.05) is 60.7 Å². The number of carbonyl (C=O) groups excluding carboxylic acids is 2. The van der Waals surface area contributed by atoms with Crippen LogP contribution < -0.4 is 10.2 Å². The Labute approximate surface area is 211 Å². The standard InChI is InChI=1S/C29H31N3O4/c33-27(16-15-26(29(35)36)30-28(34)24-9-5-2-6-10-24)32-19-17-31(18-20-32)25-13-11-23(12-14-25)21-22-7-3-1-4-8-22/h1-14,26H,15-21H2,(H,30,34)(H,35,36)/t26-/m0/s1. The number of amides is 2. The van der Waals surface area contributed by atoms with Crippen molar-refractivity contribution >= 4 is 23.5 Å². The molecule has 4 rings (SSSR count). The van der Waals surface area contributed by atoms with Gasteiger partial charge in [-0.2, -0.15) is 0 Å². The zero-order valence-corrected chi connectivity index (χ0v) is 20.2. The number of nitrogens with zero attached hydrogens (tertiary/aromatic N) is 2. The second-order valence-electron chi connectivity index (χ2n) is 8.97. The van der Waals surface area contributed by atoms with Gasteiger partial charge in [0.25, 0.3) is 5.91 Å². The Kier molecular flexibility index (Phi) is 8.34. The molecule has 0 bridgehead atoms. The summed E-state index contributed by atoms with van der Waals surface area (Å²) >= 11 is 0. The van der Waals surface area contributed by atoms with Crippen molar-refractivity contribution in [3.63, 3.8) is 0 Å². The average Bonchev–Trinajstić information content (AvgIpc) is 2.92. The molecule has 7 nitrogen and oxygen atoms in total. The van der Waals surface area contributed by atoms with Gasteiger partial charge in [0.15, 0.2) is 0 Å². The molecule has 0 spiro atoms. The quantitative estimate of drug-likeness (QED) is 0.484. The molecule has 0 aliphatic carbocycles. The highest BCUT2D eigenvalue weighted by Gasteiger charge is 2.25. The number of anilines is 1. The van der Waals surface area contributed by atoms with E-state index in [0.29, 0.717) is 18.7 Å². The van der Waals surface area contributed by atoms with E-state index in [0.717, 1.165) is 25.2 Å². The molecule has 1 saturated heterocycles. The number of rotatable bonds is 9. The summed E-state index contributed by atoms with van der Waals surface area (Å²) in [5.41, 5.74) is 4.06. The lowest BCUT2D eigenvalue weighted by Crippen LogP contribution is -2.49. The van der Waals surface area contributed by atoms with E-state index in [-0.39, 0.29) is 18.7 Å². The third-order valence-corrected chi connectivity index (χ3v) is 6.47. The zero-order chi connectivity index (χ0) is 25.3. The van der Waals surface area contributed by atoms with E-state index in [9.17, 15) is 19.5 Å². The van der Waals surface area contributed by atoms with Crippen molar-refractivity contribution in [2.75, 3.05) is 31.1 Å². The van der Waals surface area contributed by atoms with E-state index in [4.69, 9.17) is 0 Å². The molecule has 36 heavy (non-hydrogen) atoms. The molecule has 1 atom stereocenters. The Bertz CT molecular complexity index is 1160. The summed E-state index contributed by atoms with van der Waals surface area (Å²) in [5, 5.41) is 12.0. The van der Waals surface area contributed by atoms with Crippen LogP contribution in [0.3, 0.4) is 0 Å². The summed E-state index contributed by atoms with van der Waals surface area (Å²) in [6.45, 7) is 2.60. The van der Waals surface area contributed by atoms with Crippen molar-refractivity contribution < 1.29 is 19.5 Å². The van der Waals surface area contributed by atoms with Crippen molar-refractivity contribution in [3.8, 4) is 0 Å². The van der Waals surface area contributed by atoms with Crippen LogP contribution in [0.25, 0.3) is 0 Å². The number of carboxylic acid groups (broad SMARTS) is 1. The molecule has 7 heteroatoms. The lowest BCUT2D eigenvalue weighted by atomic mass is 10.0. The number of nitrogens with one attached hydrogen (secondary N) is 1. The van der Waals surface area contributed by atoms with Gasteiger partial charge in [0.1, 0.15) is 6.04 Å². The van der Waals surface area contributed by atoms with Gasteiger partial charge in [-0.05, 0) is 48.2 Å². The summed E-state index contributed by atoms with van der Waals surface area (Å²) < 4.78 is 0. The minimum Gasteiger partial charge on any atom is -0.480 e. The molecule has 1 heterocycles. The maximum Gasteiger partial charge on any atom is 0.326 e. The summed E-state index contributed by atoms with van der Waals surface area (Å²) in [7, 11) is 0. The number of piperazine rings is 1. The van der Waals surface area contributed by atoms with Gasteiger partial charge in [-0.3, -0.25) is 9.59 Å².